The zero-order valence-electron chi connectivity index (χ0n) is 11.2. The quantitative estimate of drug-likeness (QED) is 0.279. The van der Waals surface area contributed by atoms with E-state index in [1.54, 1.807) is 31.2 Å². The zero-order chi connectivity index (χ0) is 15.0. The molecule has 8 heteroatoms. The highest BCUT2D eigenvalue weighted by Crippen LogP contribution is 2.16. The number of nitro groups is 1. The van der Waals surface area contributed by atoms with Gasteiger partial charge < -0.3 is 19.6 Å². The van der Waals surface area contributed by atoms with Crippen LogP contribution < -0.4 is 10.2 Å². The van der Waals surface area contributed by atoms with Gasteiger partial charge in [0.2, 0.25) is 0 Å². The number of benzene rings is 1. The molecule has 0 bridgehead atoms. The van der Waals surface area contributed by atoms with Gasteiger partial charge in [0.1, 0.15) is 5.75 Å². The summed E-state index contributed by atoms with van der Waals surface area (Å²) in [4.78, 5) is 21.3. The molecule has 8 nitrogen and oxygen atoms in total. The van der Waals surface area contributed by atoms with Crippen molar-refractivity contribution in [3.8, 4) is 5.75 Å². The maximum absolute atomic E-state index is 11.2. The lowest BCUT2D eigenvalue weighted by atomic mass is 10.3. The van der Waals surface area contributed by atoms with Crippen molar-refractivity contribution in [2.45, 2.75) is 13.3 Å². The molecule has 1 N–H and O–H groups in total. The molecular formula is C12H15N3O5. The highest BCUT2D eigenvalue weighted by molar-refractivity contribution is 5.93. The molecule has 0 aliphatic carbocycles. The summed E-state index contributed by atoms with van der Waals surface area (Å²) in [6, 6.07) is 6.70. The van der Waals surface area contributed by atoms with Crippen LogP contribution in [0.5, 0.6) is 5.75 Å². The fourth-order valence-electron chi connectivity index (χ4n) is 1.31. The predicted molar refractivity (Wildman–Crippen MR) is 72.3 cm³/mol. The minimum Gasteiger partial charge on any atom is -0.497 e. The number of carbonyl (C=O) groups excluding carboxylic acids is 1. The Bertz CT molecular complexity index is 516. The van der Waals surface area contributed by atoms with Gasteiger partial charge in [0.25, 0.3) is 0 Å². The van der Waals surface area contributed by atoms with Gasteiger partial charge in [-0.15, -0.1) is 0 Å². The Hall–Kier alpha value is -2.64. The minimum atomic E-state index is -0.732. The monoisotopic (exact) mass is 281 g/mol. The first-order chi connectivity index (χ1) is 9.56. The van der Waals surface area contributed by atoms with Gasteiger partial charge in [0, 0.05) is 6.07 Å². The third-order valence-electron chi connectivity index (χ3n) is 2.20. The standard InChI is InChI=1S/C12H15N3O5/c1-3-20-12(16)8-11(15(17)18)14-13-9-5-4-6-10(7-9)19-2/h4-7,13H,3,8H2,1-2H3/b14-11-. The van der Waals surface area contributed by atoms with Gasteiger partial charge in [0.05, 0.1) is 24.5 Å². The summed E-state index contributed by atoms with van der Waals surface area (Å²) >= 11 is 0. The summed E-state index contributed by atoms with van der Waals surface area (Å²) in [7, 11) is 1.51. The van der Waals surface area contributed by atoms with Crippen molar-refractivity contribution in [1.82, 2.24) is 0 Å². The first-order valence-electron chi connectivity index (χ1n) is 5.83. The Balaban J connectivity index is 2.76. The van der Waals surface area contributed by atoms with E-state index in [-0.39, 0.29) is 6.61 Å². The van der Waals surface area contributed by atoms with E-state index in [9.17, 15) is 14.9 Å². The van der Waals surface area contributed by atoms with E-state index in [2.05, 4.69) is 15.3 Å². The second-order valence-corrected chi connectivity index (χ2v) is 3.61. The van der Waals surface area contributed by atoms with E-state index in [4.69, 9.17) is 4.74 Å². The molecule has 0 radical (unpaired) electrons. The molecule has 0 saturated carbocycles. The molecule has 0 aliphatic rings. The van der Waals surface area contributed by atoms with Gasteiger partial charge >= 0.3 is 11.8 Å². The number of hydrazone groups is 1. The van der Waals surface area contributed by atoms with Gasteiger partial charge in [0.15, 0.2) is 6.42 Å². The normalized spacial score (nSPS) is 10.8. The minimum absolute atomic E-state index is 0.160. The Labute approximate surface area is 115 Å². The summed E-state index contributed by atoms with van der Waals surface area (Å²) in [6.07, 6.45) is -0.502. The molecular weight excluding hydrogens is 266 g/mol. The van der Waals surface area contributed by atoms with Crippen molar-refractivity contribution in [3.63, 3.8) is 0 Å². The average Bonchev–Trinajstić information content (AvgIpc) is 2.43. The van der Waals surface area contributed by atoms with Crippen LogP contribution in [0.15, 0.2) is 29.4 Å². The second kappa shape index (κ2) is 7.72. The predicted octanol–water partition coefficient (Wildman–Crippen LogP) is 1.65. The van der Waals surface area contributed by atoms with Crippen molar-refractivity contribution in [2.24, 2.45) is 5.10 Å². The van der Waals surface area contributed by atoms with Crippen LogP contribution in [0.1, 0.15) is 13.3 Å². The van der Waals surface area contributed by atoms with E-state index in [0.29, 0.717) is 11.4 Å². The van der Waals surface area contributed by atoms with Crippen LogP contribution in [0.3, 0.4) is 0 Å². The highest BCUT2D eigenvalue weighted by Gasteiger charge is 2.19. The molecule has 0 amide bonds. The van der Waals surface area contributed by atoms with Crippen molar-refractivity contribution in [2.75, 3.05) is 19.1 Å². The van der Waals surface area contributed by atoms with E-state index in [1.165, 1.54) is 7.11 Å². The largest absolute Gasteiger partial charge is 0.497 e. The van der Waals surface area contributed by atoms with E-state index >= 15 is 0 Å². The summed E-state index contributed by atoms with van der Waals surface area (Å²) in [6.45, 7) is 1.78. The fourth-order valence-corrected chi connectivity index (χ4v) is 1.31. The molecule has 108 valence electrons. The Morgan fingerprint density at radius 3 is 2.85 bits per heavy atom. The molecule has 0 saturated heterocycles. The second-order valence-electron chi connectivity index (χ2n) is 3.61. The molecule has 0 aromatic heterocycles. The van der Waals surface area contributed by atoms with Gasteiger partial charge in [-0.05, 0) is 24.0 Å². The molecule has 0 aliphatic heterocycles. The van der Waals surface area contributed by atoms with Gasteiger partial charge in [-0.3, -0.25) is 4.79 Å². The van der Waals surface area contributed by atoms with E-state index < -0.39 is 23.1 Å². The molecule has 0 spiro atoms. The van der Waals surface area contributed by atoms with Gasteiger partial charge in [-0.2, -0.15) is 5.43 Å². The van der Waals surface area contributed by atoms with Crippen LogP contribution in [0, 0.1) is 10.1 Å². The number of anilines is 1. The molecule has 0 heterocycles. The van der Waals surface area contributed by atoms with E-state index in [1.807, 2.05) is 0 Å². The van der Waals surface area contributed by atoms with Crippen LogP contribution in [0.4, 0.5) is 5.69 Å². The first kappa shape index (κ1) is 15.4. The van der Waals surface area contributed by atoms with Crippen molar-refractivity contribution < 1.29 is 19.2 Å². The van der Waals surface area contributed by atoms with Gasteiger partial charge in [-0.25, -0.2) is 0 Å². The molecule has 0 atom stereocenters. The lowest BCUT2D eigenvalue weighted by Crippen LogP contribution is -2.20. The average molecular weight is 281 g/mol. The number of methoxy groups -OCH3 is 1. The molecule has 1 aromatic rings. The number of nitrogens with one attached hydrogen (secondary N) is 1. The van der Waals surface area contributed by atoms with Gasteiger partial charge in [-0.1, -0.05) is 6.07 Å². The third kappa shape index (κ3) is 4.92. The lowest BCUT2D eigenvalue weighted by Gasteiger charge is -2.02. The van der Waals surface area contributed by atoms with Crippen LogP contribution >= 0.6 is 0 Å². The SMILES string of the molecule is CCOC(=O)C/C(=N/Nc1cccc(OC)c1)[N+](=O)[O-]. The number of nitrogens with zero attached hydrogens (tertiary/aromatic N) is 2. The Morgan fingerprint density at radius 2 is 2.25 bits per heavy atom. The Morgan fingerprint density at radius 1 is 1.50 bits per heavy atom. The zero-order valence-corrected chi connectivity index (χ0v) is 11.2. The number of hydrogen-bond donors (Lipinski definition) is 1. The highest BCUT2D eigenvalue weighted by atomic mass is 16.6. The molecule has 1 rings (SSSR count). The maximum atomic E-state index is 11.2. The van der Waals surface area contributed by atoms with E-state index in [0.717, 1.165) is 0 Å². The fraction of sp³-hybridized carbons (Fsp3) is 0.333. The van der Waals surface area contributed by atoms with Crippen LogP contribution in [0.2, 0.25) is 0 Å². The Kier molecular flexibility index (Phi) is 5.95. The van der Waals surface area contributed by atoms with Crippen LogP contribution in [0.25, 0.3) is 0 Å². The summed E-state index contributed by atoms with van der Waals surface area (Å²) < 4.78 is 9.65. The van der Waals surface area contributed by atoms with Crippen molar-refractivity contribution >= 4 is 17.5 Å². The number of hydrogen-bond acceptors (Lipinski definition) is 7. The molecule has 20 heavy (non-hydrogen) atoms. The lowest BCUT2D eigenvalue weighted by molar-refractivity contribution is -0.352. The topological polar surface area (TPSA) is 103 Å². The number of carbonyl (C=O) groups is 1. The molecule has 0 fully saturated rings. The van der Waals surface area contributed by atoms with Crippen LogP contribution in [-0.4, -0.2) is 30.4 Å². The number of amidine groups is 1. The smallest absolute Gasteiger partial charge is 0.375 e. The van der Waals surface area contributed by atoms with Crippen LogP contribution in [-0.2, 0) is 9.53 Å². The molecule has 1 aromatic carbocycles. The number of esters is 1. The summed E-state index contributed by atoms with van der Waals surface area (Å²) in [5.41, 5.74) is 3.01. The molecule has 0 unspecified atom stereocenters. The number of ether oxygens (including phenoxy) is 2. The maximum Gasteiger partial charge on any atom is 0.375 e. The third-order valence-corrected chi connectivity index (χ3v) is 2.20. The van der Waals surface area contributed by atoms with Crippen molar-refractivity contribution in [3.05, 3.63) is 34.4 Å². The summed E-state index contributed by atoms with van der Waals surface area (Å²) in [5.74, 6) is -0.639. The summed E-state index contributed by atoms with van der Waals surface area (Å²) in [5, 5.41) is 14.4. The van der Waals surface area contributed by atoms with Crippen molar-refractivity contribution in [1.29, 1.82) is 0 Å². The number of rotatable bonds is 6. The first-order valence-corrected chi connectivity index (χ1v) is 5.83.